The highest BCUT2D eigenvalue weighted by atomic mass is 32.1. The van der Waals surface area contributed by atoms with Crippen molar-refractivity contribution >= 4 is 49.6 Å². The van der Waals surface area contributed by atoms with E-state index in [4.69, 9.17) is 4.74 Å². The average molecular weight is 452 g/mol. The second-order valence-electron chi connectivity index (χ2n) is 6.83. The summed E-state index contributed by atoms with van der Waals surface area (Å²) in [5, 5.41) is 24.3. The summed E-state index contributed by atoms with van der Waals surface area (Å²) in [6, 6.07) is 14.5. The van der Waals surface area contributed by atoms with E-state index in [-0.39, 0.29) is 5.56 Å². The summed E-state index contributed by atoms with van der Waals surface area (Å²) in [6.07, 6.45) is 0. The van der Waals surface area contributed by atoms with Crippen LogP contribution in [0.4, 0.5) is 11.4 Å². The first-order valence-electron chi connectivity index (χ1n) is 9.42. The fourth-order valence-corrected chi connectivity index (χ4v) is 4.55. The van der Waals surface area contributed by atoms with Crippen molar-refractivity contribution in [1.29, 1.82) is 0 Å². The number of hydrogen-bond donors (Lipinski definition) is 0. The van der Waals surface area contributed by atoms with Crippen LogP contribution < -0.4 is 4.80 Å². The summed E-state index contributed by atoms with van der Waals surface area (Å²) in [4.78, 5) is 38.1. The summed E-state index contributed by atoms with van der Waals surface area (Å²) < 4.78 is 7.95. The third-order valence-corrected chi connectivity index (χ3v) is 5.99. The summed E-state index contributed by atoms with van der Waals surface area (Å²) in [5.41, 5.74) is -0.464. The number of carbonyl (C=O) groups is 1. The fraction of sp³-hybridized carbons (Fsp3) is 0.143. The predicted octanol–water partition coefficient (Wildman–Crippen LogP) is 4.06. The molecule has 0 bridgehead atoms. The molecule has 0 N–H and O–H groups in total. The Labute approximate surface area is 184 Å². The second-order valence-corrected chi connectivity index (χ2v) is 7.81. The molecular weight excluding hydrogens is 436 g/mol. The Bertz CT molecular complexity index is 1420. The molecule has 11 heteroatoms. The van der Waals surface area contributed by atoms with E-state index in [9.17, 15) is 25.0 Å². The number of fused-ring (bicyclic) bond motifs is 3. The zero-order valence-electron chi connectivity index (χ0n) is 16.8. The number of nitrogens with zero attached hydrogens (tertiary/aromatic N) is 4. The fourth-order valence-electron chi connectivity index (χ4n) is 3.36. The van der Waals surface area contributed by atoms with Crippen LogP contribution in [-0.4, -0.2) is 34.0 Å². The largest absolute Gasteiger partial charge is 0.383 e. The highest BCUT2D eigenvalue weighted by Crippen LogP contribution is 2.28. The van der Waals surface area contributed by atoms with Crippen molar-refractivity contribution in [1.82, 2.24) is 4.57 Å². The van der Waals surface area contributed by atoms with Crippen LogP contribution in [0, 0.1) is 20.2 Å². The summed E-state index contributed by atoms with van der Waals surface area (Å²) >= 11 is 1.30. The standard InChI is InChI=1S/C21H16N4O6S/c1-31-9-8-23-18-7-6-13-4-2-3-5-17(13)19(18)32-21(23)22-20(26)14-10-15(24(27)28)12-16(11-14)25(29)30/h2-7,10-12H,8-9H2,1H3. The van der Waals surface area contributed by atoms with Crippen LogP contribution in [0.5, 0.6) is 0 Å². The van der Waals surface area contributed by atoms with Crippen LogP contribution in [-0.2, 0) is 11.3 Å². The second kappa shape index (κ2) is 8.65. The quantitative estimate of drug-likeness (QED) is 0.320. The molecule has 3 aromatic carbocycles. The molecule has 0 aliphatic rings. The number of carbonyl (C=O) groups excluding carboxylic acids is 1. The monoisotopic (exact) mass is 452 g/mol. The molecule has 162 valence electrons. The van der Waals surface area contributed by atoms with Crippen molar-refractivity contribution in [3.8, 4) is 0 Å². The zero-order chi connectivity index (χ0) is 22.8. The maximum absolute atomic E-state index is 12.9. The molecule has 0 aliphatic heterocycles. The normalized spacial score (nSPS) is 11.8. The van der Waals surface area contributed by atoms with Crippen LogP contribution in [0.1, 0.15) is 10.4 Å². The Hall–Kier alpha value is -3.96. The zero-order valence-corrected chi connectivity index (χ0v) is 17.6. The van der Waals surface area contributed by atoms with E-state index < -0.39 is 27.1 Å². The number of aromatic nitrogens is 1. The van der Waals surface area contributed by atoms with Gasteiger partial charge in [0.15, 0.2) is 4.80 Å². The number of thiazole rings is 1. The number of amides is 1. The van der Waals surface area contributed by atoms with Gasteiger partial charge in [-0.25, -0.2) is 0 Å². The van der Waals surface area contributed by atoms with Gasteiger partial charge in [-0.15, -0.1) is 0 Å². The lowest BCUT2D eigenvalue weighted by atomic mass is 10.1. The Morgan fingerprint density at radius 2 is 1.75 bits per heavy atom. The summed E-state index contributed by atoms with van der Waals surface area (Å²) in [6.45, 7) is 0.804. The van der Waals surface area contributed by atoms with E-state index >= 15 is 0 Å². The lowest BCUT2D eigenvalue weighted by molar-refractivity contribution is -0.394. The van der Waals surface area contributed by atoms with Crippen LogP contribution in [0.25, 0.3) is 21.0 Å². The van der Waals surface area contributed by atoms with Crippen LogP contribution in [0.3, 0.4) is 0 Å². The molecule has 32 heavy (non-hydrogen) atoms. The van der Waals surface area contributed by atoms with E-state index in [1.807, 2.05) is 41.0 Å². The van der Waals surface area contributed by atoms with Crippen molar-refractivity contribution in [2.75, 3.05) is 13.7 Å². The number of nitro benzene ring substituents is 2. The first-order valence-corrected chi connectivity index (χ1v) is 10.2. The lowest BCUT2D eigenvalue weighted by Crippen LogP contribution is -2.19. The van der Waals surface area contributed by atoms with Gasteiger partial charge >= 0.3 is 0 Å². The molecule has 0 aliphatic carbocycles. The van der Waals surface area contributed by atoms with E-state index in [0.717, 1.165) is 39.2 Å². The number of hydrogen-bond acceptors (Lipinski definition) is 7. The molecule has 0 atom stereocenters. The molecule has 4 rings (SSSR count). The highest BCUT2D eigenvalue weighted by Gasteiger charge is 2.20. The molecule has 0 unspecified atom stereocenters. The maximum atomic E-state index is 12.9. The maximum Gasteiger partial charge on any atom is 0.280 e. The third-order valence-electron chi connectivity index (χ3n) is 4.86. The average Bonchev–Trinajstić information content (AvgIpc) is 3.14. The van der Waals surface area contributed by atoms with E-state index in [1.165, 1.54) is 11.3 Å². The number of nitro groups is 2. The minimum Gasteiger partial charge on any atom is -0.383 e. The molecule has 0 spiro atoms. The Morgan fingerprint density at radius 3 is 2.41 bits per heavy atom. The van der Waals surface area contributed by atoms with Crippen LogP contribution in [0.15, 0.2) is 59.6 Å². The van der Waals surface area contributed by atoms with Gasteiger partial charge in [0.25, 0.3) is 17.3 Å². The minimum absolute atomic E-state index is 0.230. The molecule has 0 radical (unpaired) electrons. The van der Waals surface area contributed by atoms with Crippen molar-refractivity contribution in [2.45, 2.75) is 6.54 Å². The van der Waals surface area contributed by atoms with Gasteiger partial charge in [-0.1, -0.05) is 41.7 Å². The van der Waals surface area contributed by atoms with Crippen LogP contribution in [0.2, 0.25) is 0 Å². The van der Waals surface area contributed by atoms with Crippen molar-refractivity contribution in [2.24, 2.45) is 4.99 Å². The van der Waals surface area contributed by atoms with E-state index in [0.29, 0.717) is 18.0 Å². The molecule has 0 saturated carbocycles. The summed E-state index contributed by atoms with van der Waals surface area (Å²) in [5.74, 6) is -0.807. The number of ether oxygens (including phenoxy) is 1. The van der Waals surface area contributed by atoms with E-state index in [2.05, 4.69) is 4.99 Å². The first kappa shape index (κ1) is 21.3. The van der Waals surface area contributed by atoms with E-state index in [1.54, 1.807) is 7.11 Å². The van der Waals surface area contributed by atoms with Gasteiger partial charge < -0.3 is 9.30 Å². The third kappa shape index (κ3) is 3.98. The molecular formula is C21H16N4O6S. The van der Waals surface area contributed by atoms with Gasteiger partial charge in [-0.05, 0) is 11.5 Å². The number of benzene rings is 3. The predicted molar refractivity (Wildman–Crippen MR) is 119 cm³/mol. The van der Waals surface area contributed by atoms with Gasteiger partial charge in [0, 0.05) is 31.2 Å². The molecule has 0 fully saturated rings. The highest BCUT2D eigenvalue weighted by molar-refractivity contribution is 7.17. The van der Waals surface area contributed by atoms with Crippen molar-refractivity contribution in [3.63, 3.8) is 0 Å². The van der Waals surface area contributed by atoms with Crippen molar-refractivity contribution in [3.05, 3.63) is 85.2 Å². The molecule has 10 nitrogen and oxygen atoms in total. The topological polar surface area (TPSA) is 130 Å². The van der Waals surface area contributed by atoms with Gasteiger partial charge in [-0.3, -0.25) is 25.0 Å². The Kier molecular flexibility index (Phi) is 5.75. The van der Waals surface area contributed by atoms with Gasteiger partial charge in [0.05, 0.1) is 38.3 Å². The lowest BCUT2D eigenvalue weighted by Gasteiger charge is -2.05. The molecule has 1 aromatic heterocycles. The number of rotatable bonds is 6. The molecule has 4 aromatic rings. The van der Waals surface area contributed by atoms with Gasteiger partial charge in [0.2, 0.25) is 0 Å². The number of non-ortho nitro benzene ring substituents is 2. The Morgan fingerprint density at radius 1 is 1.06 bits per heavy atom. The molecule has 1 amide bonds. The Balaban J connectivity index is 1.91. The molecule has 1 heterocycles. The SMILES string of the molecule is COCCn1c(=NC(=O)c2cc([N+](=O)[O-])cc([N+](=O)[O-])c2)sc2c3ccccc3ccc21. The van der Waals surface area contributed by atoms with Crippen LogP contribution >= 0.6 is 11.3 Å². The van der Waals surface area contributed by atoms with Crippen molar-refractivity contribution < 1.29 is 19.4 Å². The molecule has 0 saturated heterocycles. The number of methoxy groups -OCH3 is 1. The van der Waals surface area contributed by atoms with Gasteiger partial charge in [0.1, 0.15) is 0 Å². The first-order chi connectivity index (χ1) is 15.4. The van der Waals surface area contributed by atoms with Gasteiger partial charge in [-0.2, -0.15) is 4.99 Å². The minimum atomic E-state index is -0.807. The smallest absolute Gasteiger partial charge is 0.280 e. The summed E-state index contributed by atoms with van der Waals surface area (Å²) in [7, 11) is 1.56.